The van der Waals surface area contributed by atoms with Crippen LogP contribution in [-0.4, -0.2) is 21.0 Å². The van der Waals surface area contributed by atoms with Crippen LogP contribution in [0.25, 0.3) is 22.0 Å². The normalized spacial score (nSPS) is 10.7. The van der Waals surface area contributed by atoms with Crippen molar-refractivity contribution in [3.63, 3.8) is 0 Å². The number of aromatic carboxylic acids is 1. The highest BCUT2D eigenvalue weighted by Gasteiger charge is 2.12. The van der Waals surface area contributed by atoms with Crippen LogP contribution in [0.3, 0.4) is 0 Å². The molecule has 0 radical (unpaired) electrons. The van der Waals surface area contributed by atoms with Gasteiger partial charge in [-0.15, -0.1) is 0 Å². The molecule has 0 bridgehead atoms. The van der Waals surface area contributed by atoms with Gasteiger partial charge in [-0.3, -0.25) is 0 Å². The lowest BCUT2D eigenvalue weighted by atomic mass is 10.0. The summed E-state index contributed by atoms with van der Waals surface area (Å²) in [7, 11) is 0. The molecule has 0 unspecified atom stereocenters. The third-order valence-corrected chi connectivity index (χ3v) is 2.88. The number of hydrogen-bond acceptors (Lipinski definition) is 2. The van der Waals surface area contributed by atoms with Crippen LogP contribution in [0, 0.1) is 0 Å². The average Bonchev–Trinajstić information content (AvgIpc) is 2.85. The molecule has 0 amide bonds. The number of carbonyl (C=O) groups is 1. The zero-order valence-electron chi connectivity index (χ0n) is 9.42. The molecule has 18 heavy (non-hydrogen) atoms. The van der Waals surface area contributed by atoms with E-state index in [0.29, 0.717) is 5.56 Å². The van der Waals surface area contributed by atoms with E-state index in [9.17, 15) is 4.79 Å². The molecule has 0 aliphatic carbocycles. The molecule has 1 aromatic carbocycles. The van der Waals surface area contributed by atoms with Crippen molar-refractivity contribution >= 4 is 16.9 Å². The van der Waals surface area contributed by atoms with Gasteiger partial charge in [-0.1, -0.05) is 18.2 Å². The number of benzene rings is 1. The van der Waals surface area contributed by atoms with Crippen LogP contribution in [0.2, 0.25) is 0 Å². The van der Waals surface area contributed by atoms with Crippen LogP contribution in [0.15, 0.2) is 48.8 Å². The summed E-state index contributed by atoms with van der Waals surface area (Å²) in [6.45, 7) is 0. The zero-order valence-corrected chi connectivity index (χ0v) is 9.42. The Kier molecular flexibility index (Phi) is 2.34. The molecule has 0 fully saturated rings. The van der Waals surface area contributed by atoms with E-state index >= 15 is 0 Å². The molecule has 0 saturated carbocycles. The van der Waals surface area contributed by atoms with Crippen molar-refractivity contribution in [3.8, 4) is 11.1 Å². The van der Waals surface area contributed by atoms with Crippen LogP contribution in [0.1, 0.15) is 10.5 Å². The topological polar surface area (TPSA) is 66.0 Å². The van der Waals surface area contributed by atoms with Crippen molar-refractivity contribution in [2.75, 3.05) is 0 Å². The molecule has 88 valence electrons. The molecule has 0 spiro atoms. The molecule has 3 aromatic rings. The Bertz CT molecular complexity index is 731. The SMILES string of the molecule is O=C(O)c1ncccc1-c1ccc2cc[nH]c2c1. The van der Waals surface area contributed by atoms with Crippen LogP contribution in [-0.2, 0) is 0 Å². The van der Waals surface area contributed by atoms with Gasteiger partial charge in [-0.2, -0.15) is 0 Å². The second kappa shape index (κ2) is 4.00. The Labute approximate surface area is 103 Å². The van der Waals surface area contributed by atoms with Gasteiger partial charge in [-0.25, -0.2) is 9.78 Å². The second-order valence-electron chi connectivity index (χ2n) is 3.98. The molecule has 4 heteroatoms. The van der Waals surface area contributed by atoms with E-state index in [1.54, 1.807) is 12.1 Å². The number of H-pyrrole nitrogens is 1. The van der Waals surface area contributed by atoms with Gasteiger partial charge in [0, 0.05) is 23.5 Å². The van der Waals surface area contributed by atoms with E-state index in [4.69, 9.17) is 5.11 Å². The molecule has 2 N–H and O–H groups in total. The van der Waals surface area contributed by atoms with Crippen LogP contribution in [0.4, 0.5) is 0 Å². The predicted octanol–water partition coefficient (Wildman–Crippen LogP) is 2.93. The maximum absolute atomic E-state index is 11.1. The zero-order chi connectivity index (χ0) is 12.5. The van der Waals surface area contributed by atoms with E-state index in [1.165, 1.54) is 6.20 Å². The van der Waals surface area contributed by atoms with E-state index in [1.807, 2.05) is 30.5 Å². The van der Waals surface area contributed by atoms with Gasteiger partial charge in [0.2, 0.25) is 0 Å². The standard InChI is InChI=1S/C14H10N2O2/c17-14(18)13-11(2-1-6-16-13)10-4-3-9-5-7-15-12(9)8-10/h1-8,15H,(H,17,18). The molecule has 2 heterocycles. The van der Waals surface area contributed by atoms with E-state index in [2.05, 4.69) is 9.97 Å². The summed E-state index contributed by atoms with van der Waals surface area (Å²) in [4.78, 5) is 18.2. The lowest BCUT2D eigenvalue weighted by Crippen LogP contribution is -2.02. The predicted molar refractivity (Wildman–Crippen MR) is 68.5 cm³/mol. The minimum Gasteiger partial charge on any atom is -0.476 e. The van der Waals surface area contributed by atoms with Crippen molar-refractivity contribution in [1.82, 2.24) is 9.97 Å². The summed E-state index contributed by atoms with van der Waals surface area (Å²) in [5.41, 5.74) is 2.52. The van der Waals surface area contributed by atoms with Gasteiger partial charge in [0.25, 0.3) is 0 Å². The molecule has 0 aliphatic rings. The molecule has 2 aromatic heterocycles. The van der Waals surface area contributed by atoms with Crippen molar-refractivity contribution in [2.24, 2.45) is 0 Å². The lowest BCUT2D eigenvalue weighted by molar-refractivity contribution is 0.0691. The number of aromatic amines is 1. The summed E-state index contributed by atoms with van der Waals surface area (Å²) >= 11 is 0. The number of hydrogen-bond donors (Lipinski definition) is 2. The Morgan fingerprint density at radius 3 is 2.94 bits per heavy atom. The Balaban J connectivity index is 2.22. The molecule has 0 atom stereocenters. The highest BCUT2D eigenvalue weighted by Crippen LogP contribution is 2.25. The van der Waals surface area contributed by atoms with E-state index < -0.39 is 5.97 Å². The summed E-state index contributed by atoms with van der Waals surface area (Å²) in [6, 6.07) is 11.3. The first-order chi connectivity index (χ1) is 8.75. The van der Waals surface area contributed by atoms with Crippen LogP contribution < -0.4 is 0 Å². The van der Waals surface area contributed by atoms with Gasteiger partial charge in [0.15, 0.2) is 5.69 Å². The number of carboxylic acids is 1. The number of fused-ring (bicyclic) bond motifs is 1. The average molecular weight is 238 g/mol. The number of aromatic nitrogens is 2. The monoisotopic (exact) mass is 238 g/mol. The first-order valence-electron chi connectivity index (χ1n) is 5.51. The second-order valence-corrected chi connectivity index (χ2v) is 3.98. The maximum atomic E-state index is 11.1. The molecule has 0 aliphatic heterocycles. The lowest BCUT2D eigenvalue weighted by Gasteiger charge is -2.05. The van der Waals surface area contributed by atoms with Gasteiger partial charge < -0.3 is 10.1 Å². The van der Waals surface area contributed by atoms with Gasteiger partial charge in [0.1, 0.15) is 0 Å². The summed E-state index contributed by atoms with van der Waals surface area (Å²) in [6.07, 6.45) is 3.34. The summed E-state index contributed by atoms with van der Waals surface area (Å²) in [5, 5.41) is 10.2. The first-order valence-corrected chi connectivity index (χ1v) is 5.51. The van der Waals surface area contributed by atoms with E-state index in [-0.39, 0.29) is 5.69 Å². The number of pyridine rings is 1. The smallest absolute Gasteiger partial charge is 0.355 e. The third-order valence-electron chi connectivity index (χ3n) is 2.88. The number of rotatable bonds is 2. The fourth-order valence-electron chi connectivity index (χ4n) is 2.02. The third kappa shape index (κ3) is 1.64. The molecule has 3 rings (SSSR count). The van der Waals surface area contributed by atoms with Crippen LogP contribution >= 0.6 is 0 Å². The molecular weight excluding hydrogens is 228 g/mol. The van der Waals surface area contributed by atoms with Gasteiger partial charge in [0.05, 0.1) is 0 Å². The maximum Gasteiger partial charge on any atom is 0.355 e. The largest absolute Gasteiger partial charge is 0.476 e. The number of carboxylic acid groups (broad SMARTS) is 1. The highest BCUT2D eigenvalue weighted by atomic mass is 16.4. The van der Waals surface area contributed by atoms with Gasteiger partial charge in [-0.05, 0) is 29.1 Å². The fourth-order valence-corrected chi connectivity index (χ4v) is 2.02. The summed E-state index contributed by atoms with van der Waals surface area (Å²) in [5.74, 6) is -1.02. The highest BCUT2D eigenvalue weighted by molar-refractivity contribution is 5.95. The summed E-state index contributed by atoms with van der Waals surface area (Å²) < 4.78 is 0. The van der Waals surface area contributed by atoms with Crippen LogP contribution in [0.5, 0.6) is 0 Å². The van der Waals surface area contributed by atoms with Crippen molar-refractivity contribution in [2.45, 2.75) is 0 Å². The Hall–Kier alpha value is -2.62. The van der Waals surface area contributed by atoms with Gasteiger partial charge >= 0.3 is 5.97 Å². The minimum atomic E-state index is -1.02. The van der Waals surface area contributed by atoms with Crippen molar-refractivity contribution < 1.29 is 9.90 Å². The first kappa shape index (κ1) is 10.5. The van der Waals surface area contributed by atoms with Crippen molar-refractivity contribution in [1.29, 1.82) is 0 Å². The number of nitrogens with one attached hydrogen (secondary N) is 1. The Morgan fingerprint density at radius 2 is 2.11 bits per heavy atom. The van der Waals surface area contributed by atoms with E-state index in [0.717, 1.165) is 16.5 Å². The Morgan fingerprint density at radius 1 is 1.22 bits per heavy atom. The quantitative estimate of drug-likeness (QED) is 0.721. The molecule has 4 nitrogen and oxygen atoms in total. The van der Waals surface area contributed by atoms with Crippen molar-refractivity contribution in [3.05, 3.63) is 54.5 Å². The number of nitrogens with zero attached hydrogens (tertiary/aromatic N) is 1. The molecule has 0 saturated heterocycles. The fraction of sp³-hybridized carbons (Fsp3) is 0. The minimum absolute atomic E-state index is 0.0726. The molecular formula is C14H10N2O2.